The third kappa shape index (κ3) is 4.14. The summed E-state index contributed by atoms with van der Waals surface area (Å²) in [6, 6.07) is 17.2. The average Bonchev–Trinajstić information content (AvgIpc) is 3.39. The highest BCUT2D eigenvalue weighted by atomic mass is 16.6. The molecule has 170 valence electrons. The molecule has 0 N–H and O–H groups in total. The van der Waals surface area contributed by atoms with Gasteiger partial charge in [-0.3, -0.25) is 9.80 Å². The largest absolute Gasteiger partial charge is 0.299 e. The number of nitrogens with zero attached hydrogens (tertiary/aromatic N) is 8. The summed E-state index contributed by atoms with van der Waals surface area (Å²) in [5, 5.41) is 21.0. The molecule has 1 atom stereocenters. The van der Waals surface area contributed by atoms with Crippen LogP contribution in [-0.4, -0.2) is 72.5 Å². The minimum atomic E-state index is -0.0637. The number of hydrogen-bond donors (Lipinski definition) is 0. The van der Waals surface area contributed by atoms with Crippen LogP contribution >= 0.6 is 0 Å². The molecule has 6 rings (SSSR count). The molecular weight excluding hydrogens is 416 g/mol. The van der Waals surface area contributed by atoms with Crippen molar-refractivity contribution in [2.45, 2.75) is 44.3 Å². The molecular formula is C24H28N8O. The highest BCUT2D eigenvalue weighted by Gasteiger charge is 2.32. The number of hydrogen-bond acceptors (Lipinski definition) is 8. The molecule has 9 nitrogen and oxygen atoms in total. The highest BCUT2D eigenvalue weighted by Crippen LogP contribution is 2.32. The summed E-state index contributed by atoms with van der Waals surface area (Å²) in [5.41, 5.74) is 3.80. The molecule has 3 heterocycles. The molecule has 33 heavy (non-hydrogen) atoms. The van der Waals surface area contributed by atoms with Gasteiger partial charge in [-0.1, -0.05) is 42.8 Å². The molecule has 1 saturated carbocycles. The Morgan fingerprint density at radius 3 is 2.64 bits per heavy atom. The number of rotatable bonds is 6. The van der Waals surface area contributed by atoms with Crippen LogP contribution in [0.5, 0.6) is 0 Å². The first-order valence-electron chi connectivity index (χ1n) is 11.9. The first-order chi connectivity index (χ1) is 16.3. The van der Waals surface area contributed by atoms with Crippen LogP contribution in [0.3, 0.4) is 0 Å². The number of aromatic nitrogens is 6. The van der Waals surface area contributed by atoms with E-state index in [1.165, 1.54) is 24.8 Å². The van der Waals surface area contributed by atoms with Gasteiger partial charge in [-0.05, 0) is 69.8 Å². The molecule has 2 aromatic carbocycles. The van der Waals surface area contributed by atoms with E-state index in [0.29, 0.717) is 6.54 Å². The Hall–Kier alpha value is -3.17. The van der Waals surface area contributed by atoms with Crippen molar-refractivity contribution < 1.29 is 4.63 Å². The van der Waals surface area contributed by atoms with Crippen molar-refractivity contribution in [1.29, 1.82) is 0 Å². The number of benzene rings is 2. The molecule has 1 aliphatic heterocycles. The molecule has 4 aromatic rings. The molecule has 0 bridgehead atoms. The molecule has 2 fully saturated rings. The summed E-state index contributed by atoms with van der Waals surface area (Å²) in [4.78, 5) is 5.21. The lowest BCUT2D eigenvalue weighted by atomic mass is 9.91. The highest BCUT2D eigenvalue weighted by molar-refractivity contribution is 5.74. The van der Waals surface area contributed by atoms with Gasteiger partial charge in [0.1, 0.15) is 11.0 Å². The minimum absolute atomic E-state index is 0.0637. The summed E-state index contributed by atoms with van der Waals surface area (Å²) < 4.78 is 6.88. The van der Waals surface area contributed by atoms with Gasteiger partial charge in [-0.2, -0.15) is 0 Å². The first kappa shape index (κ1) is 20.4. The third-order valence-electron chi connectivity index (χ3n) is 7.09. The molecule has 9 heteroatoms. The topological polar surface area (TPSA) is 89.0 Å². The van der Waals surface area contributed by atoms with Crippen molar-refractivity contribution in [3.63, 3.8) is 0 Å². The van der Waals surface area contributed by atoms with Crippen LogP contribution in [0.2, 0.25) is 0 Å². The second-order valence-corrected chi connectivity index (χ2v) is 9.11. The summed E-state index contributed by atoms with van der Waals surface area (Å²) in [6.07, 6.45) is 5.19. The van der Waals surface area contributed by atoms with E-state index < -0.39 is 0 Å². The third-order valence-corrected chi connectivity index (χ3v) is 7.09. The Morgan fingerprint density at radius 1 is 0.909 bits per heavy atom. The van der Waals surface area contributed by atoms with Crippen LogP contribution in [0.25, 0.3) is 11.0 Å². The van der Waals surface area contributed by atoms with Crippen LogP contribution in [-0.2, 0) is 6.54 Å². The molecule has 1 aliphatic carbocycles. The van der Waals surface area contributed by atoms with Gasteiger partial charge in [-0.25, -0.2) is 9.31 Å². The number of tetrazole rings is 1. The fourth-order valence-corrected chi connectivity index (χ4v) is 5.10. The maximum absolute atomic E-state index is 4.95. The lowest BCUT2D eigenvalue weighted by molar-refractivity contribution is 0.127. The van der Waals surface area contributed by atoms with Gasteiger partial charge in [0.2, 0.25) is 0 Å². The van der Waals surface area contributed by atoms with Crippen LogP contribution in [0.15, 0.2) is 53.2 Å². The Bertz CT molecular complexity index is 1200. The zero-order valence-corrected chi connectivity index (χ0v) is 18.6. The first-order valence-corrected chi connectivity index (χ1v) is 11.9. The summed E-state index contributed by atoms with van der Waals surface area (Å²) in [5.74, 6) is 0.853. The SMILES string of the molecule is c1ccc(Cn2nnnc2C(c2ccc3nonc3c2)N2CCCN(C3CCC3)CC2)cc1. The van der Waals surface area contributed by atoms with Crippen LogP contribution in [0.1, 0.15) is 48.7 Å². The van der Waals surface area contributed by atoms with Gasteiger partial charge in [-0.15, -0.1) is 5.10 Å². The quantitative estimate of drug-likeness (QED) is 0.449. The average molecular weight is 445 g/mol. The van der Waals surface area contributed by atoms with Gasteiger partial charge in [0.25, 0.3) is 0 Å². The molecule has 0 radical (unpaired) electrons. The standard InChI is InChI=1S/C24H28N8O/c1-2-6-18(7-3-1)17-32-24(25-28-29-32)23(19-10-11-21-22(16-19)27-33-26-21)31-13-5-12-30(14-15-31)20-8-4-9-20/h1-3,6-7,10-11,16,20,23H,4-5,8-9,12-15,17H2. The molecule has 2 aromatic heterocycles. The molecule has 0 spiro atoms. The van der Waals surface area contributed by atoms with Crippen LogP contribution < -0.4 is 0 Å². The molecule has 1 unspecified atom stereocenters. The monoisotopic (exact) mass is 444 g/mol. The fourth-order valence-electron chi connectivity index (χ4n) is 5.10. The lowest BCUT2D eigenvalue weighted by Gasteiger charge is -2.37. The zero-order valence-electron chi connectivity index (χ0n) is 18.6. The summed E-state index contributed by atoms with van der Waals surface area (Å²) in [6.45, 7) is 4.86. The Labute approximate surface area is 192 Å². The second kappa shape index (κ2) is 8.99. The van der Waals surface area contributed by atoms with E-state index in [4.69, 9.17) is 4.63 Å². The van der Waals surface area contributed by atoms with Crippen molar-refractivity contribution >= 4 is 11.0 Å². The van der Waals surface area contributed by atoms with Gasteiger partial charge in [0.15, 0.2) is 5.82 Å². The Kier molecular flexibility index (Phi) is 5.57. The van der Waals surface area contributed by atoms with Gasteiger partial charge in [0.05, 0.1) is 12.6 Å². The van der Waals surface area contributed by atoms with Crippen molar-refractivity contribution in [3.05, 3.63) is 65.5 Å². The molecule has 2 aliphatic rings. The van der Waals surface area contributed by atoms with E-state index >= 15 is 0 Å². The minimum Gasteiger partial charge on any atom is -0.299 e. The summed E-state index contributed by atoms with van der Waals surface area (Å²) in [7, 11) is 0. The summed E-state index contributed by atoms with van der Waals surface area (Å²) >= 11 is 0. The van der Waals surface area contributed by atoms with E-state index in [9.17, 15) is 0 Å². The number of fused-ring (bicyclic) bond motifs is 1. The lowest BCUT2D eigenvalue weighted by Crippen LogP contribution is -2.42. The normalized spacial score (nSPS) is 19.4. The Morgan fingerprint density at radius 2 is 1.79 bits per heavy atom. The van der Waals surface area contributed by atoms with Crippen molar-refractivity contribution in [2.75, 3.05) is 26.2 Å². The molecule has 0 amide bonds. The van der Waals surface area contributed by atoms with E-state index in [1.807, 2.05) is 28.9 Å². The maximum atomic E-state index is 4.95. The maximum Gasteiger partial charge on any atom is 0.173 e. The van der Waals surface area contributed by atoms with Crippen molar-refractivity contribution in [1.82, 2.24) is 40.3 Å². The van der Waals surface area contributed by atoms with Crippen LogP contribution in [0, 0.1) is 0 Å². The van der Waals surface area contributed by atoms with Crippen molar-refractivity contribution in [2.24, 2.45) is 0 Å². The predicted molar refractivity (Wildman–Crippen MR) is 122 cm³/mol. The predicted octanol–water partition coefficient (Wildman–Crippen LogP) is 2.91. The van der Waals surface area contributed by atoms with E-state index in [-0.39, 0.29) is 6.04 Å². The van der Waals surface area contributed by atoms with Gasteiger partial charge >= 0.3 is 0 Å². The van der Waals surface area contributed by atoms with Gasteiger partial charge in [0, 0.05) is 25.7 Å². The van der Waals surface area contributed by atoms with E-state index in [1.54, 1.807) is 0 Å². The smallest absolute Gasteiger partial charge is 0.173 e. The van der Waals surface area contributed by atoms with Crippen molar-refractivity contribution in [3.8, 4) is 0 Å². The van der Waals surface area contributed by atoms with Crippen LogP contribution in [0.4, 0.5) is 0 Å². The van der Waals surface area contributed by atoms with E-state index in [0.717, 1.165) is 61.1 Å². The fraction of sp³-hybridized carbons (Fsp3) is 0.458. The zero-order chi connectivity index (χ0) is 22.0. The molecule has 1 saturated heterocycles. The second-order valence-electron chi connectivity index (χ2n) is 9.11. The van der Waals surface area contributed by atoms with E-state index in [2.05, 4.69) is 59.9 Å². The Balaban J connectivity index is 1.35. The van der Waals surface area contributed by atoms with Gasteiger partial charge < -0.3 is 0 Å².